The van der Waals surface area contributed by atoms with Gasteiger partial charge in [-0.05, 0) is 48.1 Å². The van der Waals surface area contributed by atoms with Gasteiger partial charge in [0.15, 0.2) is 5.82 Å². The van der Waals surface area contributed by atoms with E-state index in [1.807, 2.05) is 24.3 Å². The lowest BCUT2D eigenvalue weighted by molar-refractivity contribution is 0.0405. The summed E-state index contributed by atoms with van der Waals surface area (Å²) in [4.78, 5) is 15.1. The van der Waals surface area contributed by atoms with E-state index in [1.165, 1.54) is 17.0 Å². The van der Waals surface area contributed by atoms with Crippen LogP contribution in [0.15, 0.2) is 72.8 Å². The number of anilines is 1. The Morgan fingerprint density at radius 2 is 1.64 bits per heavy atom. The van der Waals surface area contributed by atoms with Crippen LogP contribution in [0.4, 0.5) is 5.82 Å². The molecule has 4 aromatic rings. The predicted octanol–water partition coefficient (Wildman–Crippen LogP) is 5.96. The number of piperidine rings is 1. The molecule has 0 amide bonds. The first-order chi connectivity index (χ1) is 19.2. The molecule has 2 saturated heterocycles. The van der Waals surface area contributed by atoms with Crippen LogP contribution in [0.3, 0.4) is 0 Å². The van der Waals surface area contributed by atoms with Gasteiger partial charge in [-0.15, -0.1) is 0 Å². The molecule has 0 saturated carbocycles. The van der Waals surface area contributed by atoms with E-state index in [0.717, 1.165) is 92.6 Å². The number of hydrogen-bond donors (Lipinski definition) is 0. The summed E-state index contributed by atoms with van der Waals surface area (Å²) in [5.74, 6) is 4.67. The quantitative estimate of drug-likeness (QED) is 0.299. The van der Waals surface area contributed by atoms with E-state index >= 15 is 0 Å². The van der Waals surface area contributed by atoms with Crippen molar-refractivity contribution in [1.29, 1.82) is 0 Å². The number of morpholine rings is 1. The van der Waals surface area contributed by atoms with Crippen LogP contribution < -0.4 is 9.64 Å². The molecule has 0 spiro atoms. The molecular weight excluding hydrogens is 484 g/mol. The first-order valence-electron chi connectivity index (χ1n) is 14.1. The minimum atomic E-state index is 0.485. The molecule has 3 aromatic carbocycles. The number of nitrogens with zero attached hydrogens (tertiary/aromatic N) is 4. The van der Waals surface area contributed by atoms with Crippen LogP contribution >= 0.6 is 0 Å². The Morgan fingerprint density at radius 3 is 2.41 bits per heavy atom. The highest BCUT2D eigenvalue weighted by molar-refractivity contribution is 5.92. The molecule has 2 aliphatic heterocycles. The average Bonchev–Trinajstić information content (AvgIpc) is 3.01. The number of aromatic nitrogens is 2. The Kier molecular flexibility index (Phi) is 7.75. The fourth-order valence-electron chi connectivity index (χ4n) is 5.93. The van der Waals surface area contributed by atoms with Crippen molar-refractivity contribution >= 4 is 16.7 Å². The van der Waals surface area contributed by atoms with Gasteiger partial charge in [-0.25, -0.2) is 9.97 Å². The predicted molar refractivity (Wildman–Crippen MR) is 157 cm³/mol. The summed E-state index contributed by atoms with van der Waals surface area (Å²) < 4.78 is 11.2. The number of benzene rings is 3. The Morgan fingerprint density at radius 1 is 0.897 bits per heavy atom. The van der Waals surface area contributed by atoms with Gasteiger partial charge in [0.05, 0.1) is 25.8 Å². The minimum absolute atomic E-state index is 0.485. The Balaban J connectivity index is 1.32. The molecule has 0 unspecified atom stereocenters. The summed E-state index contributed by atoms with van der Waals surface area (Å²) in [6.45, 7) is 8.70. The standard InChI is InChI=1S/C33H37N4O2/c1-24(23-36-18-20-39-21-19-36)27-12-13-30-29(22-27)33(35-32(34-30)26-8-4-3-5-9-26)37-16-14-25(15-17-37)28-10-6-7-11-31(28)38-2/h3-13,22,25H,14-21,23H2,1-2H3. The second-order valence-corrected chi connectivity index (χ2v) is 10.6. The number of fused-ring (bicyclic) bond motifs is 1. The number of ether oxygens (including phenoxy) is 2. The third kappa shape index (κ3) is 5.63. The molecule has 2 fully saturated rings. The fraction of sp³-hybridized carbons (Fsp3) is 0.364. The lowest BCUT2D eigenvalue weighted by Crippen LogP contribution is -2.38. The molecule has 0 atom stereocenters. The molecule has 0 bridgehead atoms. The minimum Gasteiger partial charge on any atom is -0.496 e. The van der Waals surface area contributed by atoms with Gasteiger partial charge in [-0.3, -0.25) is 4.90 Å². The Bertz CT molecular complexity index is 1400. The van der Waals surface area contributed by atoms with E-state index in [-0.39, 0.29) is 0 Å². The normalized spacial score (nSPS) is 17.2. The molecule has 39 heavy (non-hydrogen) atoms. The third-order valence-corrected chi connectivity index (χ3v) is 8.14. The second kappa shape index (κ2) is 11.7. The zero-order valence-corrected chi connectivity index (χ0v) is 23.0. The molecule has 6 heteroatoms. The maximum absolute atomic E-state index is 5.68. The highest BCUT2D eigenvalue weighted by Gasteiger charge is 2.26. The maximum Gasteiger partial charge on any atom is 0.162 e. The van der Waals surface area contributed by atoms with E-state index in [9.17, 15) is 0 Å². The summed E-state index contributed by atoms with van der Waals surface area (Å²) in [5.41, 5.74) is 4.61. The average molecular weight is 522 g/mol. The van der Waals surface area contributed by atoms with Gasteiger partial charge in [0, 0.05) is 49.6 Å². The van der Waals surface area contributed by atoms with Crippen molar-refractivity contribution in [2.45, 2.75) is 25.7 Å². The van der Waals surface area contributed by atoms with Crippen LogP contribution in [0.1, 0.15) is 36.8 Å². The van der Waals surface area contributed by atoms with Crippen LogP contribution in [0.2, 0.25) is 0 Å². The van der Waals surface area contributed by atoms with Gasteiger partial charge >= 0.3 is 0 Å². The van der Waals surface area contributed by atoms with Crippen LogP contribution in [-0.2, 0) is 4.74 Å². The zero-order chi connectivity index (χ0) is 26.6. The maximum atomic E-state index is 5.68. The molecule has 201 valence electrons. The van der Waals surface area contributed by atoms with Crippen LogP contribution in [0.5, 0.6) is 5.75 Å². The van der Waals surface area contributed by atoms with E-state index in [1.54, 1.807) is 7.11 Å². The van der Waals surface area contributed by atoms with Crippen molar-refractivity contribution in [3.63, 3.8) is 0 Å². The molecule has 1 aromatic heterocycles. The van der Waals surface area contributed by atoms with Gasteiger partial charge in [-0.1, -0.05) is 61.5 Å². The van der Waals surface area contributed by atoms with E-state index < -0.39 is 0 Å². The molecule has 0 aliphatic carbocycles. The molecular formula is C33H37N4O2. The molecule has 6 rings (SSSR count). The van der Waals surface area contributed by atoms with Gasteiger partial charge in [0.2, 0.25) is 0 Å². The lowest BCUT2D eigenvalue weighted by Gasteiger charge is -2.34. The lowest BCUT2D eigenvalue weighted by atomic mass is 9.88. The summed E-state index contributed by atoms with van der Waals surface area (Å²) in [5, 5.41) is 1.13. The van der Waals surface area contributed by atoms with Gasteiger partial charge < -0.3 is 14.4 Å². The smallest absolute Gasteiger partial charge is 0.162 e. The fourth-order valence-corrected chi connectivity index (χ4v) is 5.93. The van der Waals surface area contributed by atoms with Crippen molar-refractivity contribution in [3.05, 3.63) is 89.8 Å². The topological polar surface area (TPSA) is 50.7 Å². The van der Waals surface area contributed by atoms with E-state index in [2.05, 4.69) is 65.3 Å². The van der Waals surface area contributed by atoms with E-state index in [0.29, 0.717) is 5.92 Å². The monoisotopic (exact) mass is 521 g/mol. The number of para-hydroxylation sites is 1. The van der Waals surface area contributed by atoms with Gasteiger partial charge in [0.25, 0.3) is 0 Å². The molecule has 0 N–H and O–H groups in total. The van der Waals surface area contributed by atoms with Gasteiger partial charge in [0.1, 0.15) is 11.6 Å². The zero-order valence-electron chi connectivity index (χ0n) is 23.0. The van der Waals surface area contributed by atoms with Crippen molar-refractivity contribution in [2.24, 2.45) is 0 Å². The number of rotatable bonds is 7. The van der Waals surface area contributed by atoms with Crippen molar-refractivity contribution in [2.75, 3.05) is 57.9 Å². The van der Waals surface area contributed by atoms with Crippen LogP contribution in [0, 0.1) is 5.92 Å². The van der Waals surface area contributed by atoms with Crippen molar-refractivity contribution in [1.82, 2.24) is 14.9 Å². The Labute approximate surface area is 231 Å². The van der Waals surface area contributed by atoms with Crippen molar-refractivity contribution in [3.8, 4) is 17.1 Å². The second-order valence-electron chi connectivity index (χ2n) is 10.6. The highest BCUT2D eigenvalue weighted by atomic mass is 16.5. The first-order valence-corrected chi connectivity index (χ1v) is 14.1. The molecule has 2 aliphatic rings. The largest absolute Gasteiger partial charge is 0.496 e. The molecule has 6 nitrogen and oxygen atoms in total. The number of hydrogen-bond acceptors (Lipinski definition) is 6. The van der Waals surface area contributed by atoms with Crippen LogP contribution in [0.25, 0.3) is 22.3 Å². The third-order valence-electron chi connectivity index (χ3n) is 8.14. The first kappa shape index (κ1) is 25.8. The molecule has 3 heterocycles. The highest BCUT2D eigenvalue weighted by Crippen LogP contribution is 2.37. The van der Waals surface area contributed by atoms with Gasteiger partial charge in [-0.2, -0.15) is 0 Å². The summed E-state index contributed by atoms with van der Waals surface area (Å²) in [6, 6.07) is 25.5. The summed E-state index contributed by atoms with van der Waals surface area (Å²) in [6.07, 6.45) is 2.13. The summed E-state index contributed by atoms with van der Waals surface area (Å²) >= 11 is 0. The summed E-state index contributed by atoms with van der Waals surface area (Å²) in [7, 11) is 1.77. The van der Waals surface area contributed by atoms with Crippen LogP contribution in [-0.4, -0.2) is 67.9 Å². The SMILES string of the molecule is COc1ccccc1C1CCN(c2nc(-c3ccccc3)nc3ccc([C](C)CN4CCOCC4)cc23)CC1. The molecule has 1 radical (unpaired) electrons. The van der Waals surface area contributed by atoms with Crippen molar-refractivity contribution < 1.29 is 9.47 Å². The Hall–Kier alpha value is -3.48. The number of methoxy groups -OCH3 is 1. The van der Waals surface area contributed by atoms with E-state index in [4.69, 9.17) is 19.4 Å².